The molecule has 2 aliphatic rings. The lowest BCUT2D eigenvalue weighted by molar-refractivity contribution is -0.144. The molecule has 1 saturated carbocycles. The van der Waals surface area contributed by atoms with Crippen molar-refractivity contribution in [3.63, 3.8) is 0 Å². The fourth-order valence-electron chi connectivity index (χ4n) is 2.63. The predicted octanol–water partition coefficient (Wildman–Crippen LogP) is 2.19. The fraction of sp³-hybridized carbons (Fsp3) is 0.462. The average Bonchev–Trinajstić information content (AvgIpc) is 3.00. The molecule has 2 fully saturated rings. The van der Waals surface area contributed by atoms with Crippen molar-refractivity contribution < 1.29 is 19.4 Å². The molecule has 2 unspecified atom stereocenters. The third-order valence-corrected chi connectivity index (χ3v) is 3.57. The van der Waals surface area contributed by atoms with Crippen LogP contribution in [0.5, 0.6) is 5.75 Å². The van der Waals surface area contributed by atoms with Gasteiger partial charge in [0.25, 0.3) is 5.79 Å². The summed E-state index contributed by atoms with van der Waals surface area (Å²) in [5.74, 6) is -1.18. The van der Waals surface area contributed by atoms with Gasteiger partial charge in [-0.1, -0.05) is 18.2 Å². The van der Waals surface area contributed by atoms with Crippen LogP contribution in [0.15, 0.2) is 30.3 Å². The van der Waals surface area contributed by atoms with Crippen molar-refractivity contribution >= 4 is 5.97 Å². The molecule has 1 saturated heterocycles. The van der Waals surface area contributed by atoms with Gasteiger partial charge in [0.1, 0.15) is 5.75 Å². The van der Waals surface area contributed by atoms with Crippen LogP contribution in [0.2, 0.25) is 0 Å². The second-order valence-electron chi connectivity index (χ2n) is 4.61. The van der Waals surface area contributed by atoms with Crippen LogP contribution in [0, 0.1) is 0 Å². The second-order valence-corrected chi connectivity index (χ2v) is 4.61. The Morgan fingerprint density at radius 1 is 1.24 bits per heavy atom. The fourth-order valence-corrected chi connectivity index (χ4v) is 2.63. The largest absolute Gasteiger partial charge is 0.479 e. The van der Waals surface area contributed by atoms with Crippen molar-refractivity contribution in [1.82, 2.24) is 0 Å². The molecule has 2 atom stereocenters. The van der Waals surface area contributed by atoms with Gasteiger partial charge in [-0.25, -0.2) is 4.79 Å². The summed E-state index contributed by atoms with van der Waals surface area (Å²) in [5.41, 5.74) is -1.11. The number of carboxylic acid groups (broad SMARTS) is 1. The molecule has 0 radical (unpaired) electrons. The molecular weight excluding hydrogens is 220 g/mol. The second kappa shape index (κ2) is 3.47. The van der Waals surface area contributed by atoms with Gasteiger partial charge < -0.3 is 14.6 Å². The number of rotatable bonds is 3. The number of para-hydroxylation sites is 1. The van der Waals surface area contributed by atoms with Crippen molar-refractivity contribution in [2.45, 2.75) is 37.1 Å². The Kier molecular flexibility index (Phi) is 2.16. The summed E-state index contributed by atoms with van der Waals surface area (Å²) in [6.45, 7) is 0. The number of fused-ring (bicyclic) bond motifs is 1. The van der Waals surface area contributed by atoms with E-state index < -0.39 is 17.4 Å². The molecular formula is C13H14O4. The van der Waals surface area contributed by atoms with Crippen LogP contribution in [0.1, 0.15) is 25.7 Å². The zero-order valence-corrected chi connectivity index (χ0v) is 9.39. The molecule has 4 heteroatoms. The maximum absolute atomic E-state index is 11.3. The summed E-state index contributed by atoms with van der Waals surface area (Å²) in [6, 6.07) is 9.25. The highest BCUT2D eigenvalue weighted by atomic mass is 16.8. The number of carboxylic acids is 1. The Balaban J connectivity index is 1.85. The minimum atomic E-state index is -1.11. The first kappa shape index (κ1) is 10.6. The van der Waals surface area contributed by atoms with E-state index in [1.54, 1.807) is 0 Å². The van der Waals surface area contributed by atoms with Crippen molar-refractivity contribution in [1.29, 1.82) is 0 Å². The maximum atomic E-state index is 11.3. The van der Waals surface area contributed by atoms with E-state index in [1.165, 1.54) is 0 Å². The summed E-state index contributed by atoms with van der Waals surface area (Å²) in [4.78, 5) is 11.3. The lowest BCUT2D eigenvalue weighted by Gasteiger charge is -2.22. The summed E-state index contributed by atoms with van der Waals surface area (Å²) in [6.07, 6.45) is 3.01. The van der Waals surface area contributed by atoms with Gasteiger partial charge in [0.05, 0.1) is 0 Å². The van der Waals surface area contributed by atoms with Gasteiger partial charge in [0, 0.05) is 6.42 Å². The van der Waals surface area contributed by atoms with Crippen molar-refractivity contribution in [2.24, 2.45) is 0 Å². The first-order valence-electron chi connectivity index (χ1n) is 5.86. The first-order valence-corrected chi connectivity index (χ1v) is 5.86. The first-order chi connectivity index (χ1) is 8.19. The Morgan fingerprint density at radius 3 is 2.65 bits per heavy atom. The lowest BCUT2D eigenvalue weighted by Crippen LogP contribution is -2.40. The van der Waals surface area contributed by atoms with Gasteiger partial charge >= 0.3 is 5.97 Å². The molecule has 1 N–H and O–H groups in total. The highest BCUT2D eigenvalue weighted by molar-refractivity contribution is 5.82. The number of aliphatic carboxylic acids is 1. The van der Waals surface area contributed by atoms with Gasteiger partial charge in [-0.05, 0) is 31.4 Å². The number of hydrogen-bond acceptors (Lipinski definition) is 3. The van der Waals surface area contributed by atoms with Crippen molar-refractivity contribution in [3.8, 4) is 5.75 Å². The van der Waals surface area contributed by atoms with E-state index in [1.807, 2.05) is 30.3 Å². The van der Waals surface area contributed by atoms with E-state index in [4.69, 9.17) is 9.47 Å². The molecule has 90 valence electrons. The van der Waals surface area contributed by atoms with Crippen LogP contribution < -0.4 is 4.74 Å². The molecule has 3 rings (SSSR count). The monoisotopic (exact) mass is 234 g/mol. The molecule has 1 aliphatic carbocycles. The standard InChI is InChI=1S/C13H14O4/c14-11(15)12-8-4-5-9-13(12,17-12)16-10-6-2-1-3-7-10/h1-3,6-7H,4-5,8-9H2,(H,14,15). The quantitative estimate of drug-likeness (QED) is 0.814. The molecule has 0 spiro atoms. The molecule has 1 aromatic rings. The summed E-state index contributed by atoms with van der Waals surface area (Å²) in [7, 11) is 0. The molecule has 1 aliphatic heterocycles. The van der Waals surface area contributed by atoms with Crippen LogP contribution >= 0.6 is 0 Å². The molecule has 17 heavy (non-hydrogen) atoms. The molecule has 1 aromatic carbocycles. The van der Waals surface area contributed by atoms with Gasteiger partial charge in [-0.3, -0.25) is 0 Å². The van der Waals surface area contributed by atoms with Crippen molar-refractivity contribution in [3.05, 3.63) is 30.3 Å². The Labute approximate surface area is 99.2 Å². The van der Waals surface area contributed by atoms with E-state index in [-0.39, 0.29) is 0 Å². The van der Waals surface area contributed by atoms with E-state index in [0.717, 1.165) is 12.8 Å². The highest BCUT2D eigenvalue weighted by Gasteiger charge is 2.78. The van der Waals surface area contributed by atoms with Gasteiger partial charge in [0.15, 0.2) is 0 Å². The summed E-state index contributed by atoms with van der Waals surface area (Å²) in [5, 5.41) is 9.28. The molecule has 4 nitrogen and oxygen atoms in total. The highest BCUT2D eigenvalue weighted by Crippen LogP contribution is 2.58. The zero-order valence-electron chi connectivity index (χ0n) is 9.39. The molecule has 0 bridgehead atoms. The minimum Gasteiger partial charge on any atom is -0.479 e. The third-order valence-electron chi connectivity index (χ3n) is 3.57. The van der Waals surface area contributed by atoms with Crippen LogP contribution in [0.25, 0.3) is 0 Å². The number of benzene rings is 1. The Morgan fingerprint density at radius 2 is 1.94 bits per heavy atom. The van der Waals surface area contributed by atoms with E-state index in [0.29, 0.717) is 18.6 Å². The normalized spacial score (nSPS) is 34.8. The average molecular weight is 234 g/mol. The topological polar surface area (TPSA) is 59.1 Å². The van der Waals surface area contributed by atoms with Crippen LogP contribution in [-0.4, -0.2) is 22.5 Å². The van der Waals surface area contributed by atoms with Crippen LogP contribution in [-0.2, 0) is 9.53 Å². The van der Waals surface area contributed by atoms with Gasteiger partial charge in [-0.2, -0.15) is 0 Å². The van der Waals surface area contributed by atoms with Crippen LogP contribution in [0.3, 0.4) is 0 Å². The lowest BCUT2D eigenvalue weighted by atomic mass is 9.86. The predicted molar refractivity (Wildman–Crippen MR) is 59.7 cm³/mol. The summed E-state index contributed by atoms with van der Waals surface area (Å²) < 4.78 is 11.3. The minimum absolute atomic E-state index is 0.537. The number of hydrogen-bond donors (Lipinski definition) is 1. The Hall–Kier alpha value is -1.55. The smallest absolute Gasteiger partial charge is 0.343 e. The van der Waals surface area contributed by atoms with E-state index in [2.05, 4.69) is 0 Å². The maximum Gasteiger partial charge on any atom is 0.343 e. The number of carbonyl (C=O) groups is 1. The molecule has 0 amide bonds. The van der Waals surface area contributed by atoms with E-state index >= 15 is 0 Å². The van der Waals surface area contributed by atoms with Gasteiger partial charge in [-0.15, -0.1) is 0 Å². The van der Waals surface area contributed by atoms with Crippen LogP contribution in [0.4, 0.5) is 0 Å². The SMILES string of the molecule is O=C(O)C12CCCCC1(Oc1ccccc1)O2. The molecule has 1 heterocycles. The number of epoxide rings is 1. The van der Waals surface area contributed by atoms with Gasteiger partial charge in [0.2, 0.25) is 5.60 Å². The third kappa shape index (κ3) is 1.44. The zero-order chi connectivity index (χ0) is 11.9. The molecule has 0 aromatic heterocycles. The number of ether oxygens (including phenoxy) is 2. The summed E-state index contributed by atoms with van der Waals surface area (Å²) >= 11 is 0. The Bertz CT molecular complexity index is 444. The van der Waals surface area contributed by atoms with Crippen molar-refractivity contribution in [2.75, 3.05) is 0 Å². The van der Waals surface area contributed by atoms with E-state index in [9.17, 15) is 9.90 Å².